The molecule has 2 unspecified atom stereocenters. The average Bonchev–Trinajstić information content (AvgIpc) is 2.67. The van der Waals surface area contributed by atoms with Crippen LogP contribution in [0, 0.1) is 0 Å². The maximum atomic E-state index is 11.7. The summed E-state index contributed by atoms with van der Waals surface area (Å²) in [4.78, 5) is 15.7. The van der Waals surface area contributed by atoms with E-state index in [9.17, 15) is 4.79 Å². The van der Waals surface area contributed by atoms with E-state index >= 15 is 0 Å². The van der Waals surface area contributed by atoms with Gasteiger partial charge in [-0.1, -0.05) is 0 Å². The number of likely N-dealkylation sites (tertiary alicyclic amines) is 1. The van der Waals surface area contributed by atoms with E-state index in [4.69, 9.17) is 9.47 Å². The SMILES string of the molecule is CCOC(=O)N1CCC2(CC1)CC(N(C)C)C(C)O2. The van der Waals surface area contributed by atoms with Crippen molar-refractivity contribution >= 4 is 6.09 Å². The van der Waals surface area contributed by atoms with E-state index in [2.05, 4.69) is 25.9 Å². The standard InChI is InChI=1S/C14H26N2O3/c1-5-18-13(17)16-8-6-14(7-9-16)10-12(15(3)4)11(2)19-14/h11-12H,5-10H2,1-4H3. The smallest absolute Gasteiger partial charge is 0.409 e. The van der Waals surface area contributed by atoms with E-state index in [0.717, 1.165) is 32.4 Å². The van der Waals surface area contributed by atoms with Crippen LogP contribution in [0.3, 0.4) is 0 Å². The molecular weight excluding hydrogens is 244 g/mol. The molecule has 2 heterocycles. The van der Waals surface area contributed by atoms with Gasteiger partial charge in [0.05, 0.1) is 18.3 Å². The zero-order chi connectivity index (χ0) is 14.0. The summed E-state index contributed by atoms with van der Waals surface area (Å²) < 4.78 is 11.3. The van der Waals surface area contributed by atoms with Crippen molar-refractivity contribution in [2.75, 3.05) is 33.8 Å². The minimum atomic E-state index is -0.187. The van der Waals surface area contributed by atoms with Crippen LogP contribution in [-0.4, -0.2) is 67.4 Å². The fraction of sp³-hybridized carbons (Fsp3) is 0.929. The molecule has 0 N–H and O–H groups in total. The zero-order valence-electron chi connectivity index (χ0n) is 12.5. The molecule has 2 fully saturated rings. The number of hydrogen-bond donors (Lipinski definition) is 0. The second kappa shape index (κ2) is 5.67. The first-order valence-corrected chi connectivity index (χ1v) is 7.23. The molecule has 2 atom stereocenters. The molecule has 19 heavy (non-hydrogen) atoms. The molecule has 0 aromatic heterocycles. The summed E-state index contributed by atoms with van der Waals surface area (Å²) in [7, 11) is 4.22. The third kappa shape index (κ3) is 3.03. The second-order valence-corrected chi connectivity index (χ2v) is 5.93. The van der Waals surface area contributed by atoms with Crippen molar-refractivity contribution in [1.82, 2.24) is 9.80 Å². The van der Waals surface area contributed by atoms with Crippen molar-refractivity contribution in [1.29, 1.82) is 0 Å². The minimum absolute atomic E-state index is 0.0304. The highest BCUT2D eigenvalue weighted by molar-refractivity contribution is 5.67. The van der Waals surface area contributed by atoms with E-state index in [0.29, 0.717) is 12.6 Å². The topological polar surface area (TPSA) is 42.0 Å². The van der Waals surface area contributed by atoms with E-state index in [1.165, 1.54) is 0 Å². The molecule has 1 amide bonds. The van der Waals surface area contributed by atoms with E-state index < -0.39 is 0 Å². The van der Waals surface area contributed by atoms with Crippen molar-refractivity contribution in [2.45, 2.75) is 50.9 Å². The zero-order valence-corrected chi connectivity index (χ0v) is 12.5. The Morgan fingerprint density at radius 3 is 2.53 bits per heavy atom. The number of likely N-dealkylation sites (N-methyl/N-ethyl adjacent to an activating group) is 1. The van der Waals surface area contributed by atoms with Gasteiger partial charge in [0.2, 0.25) is 0 Å². The highest BCUT2D eigenvalue weighted by atomic mass is 16.6. The molecule has 2 saturated heterocycles. The molecule has 0 aromatic carbocycles. The van der Waals surface area contributed by atoms with E-state index in [-0.39, 0.29) is 17.8 Å². The highest BCUT2D eigenvalue weighted by Gasteiger charge is 2.47. The quantitative estimate of drug-likeness (QED) is 0.766. The summed E-state index contributed by atoms with van der Waals surface area (Å²) >= 11 is 0. The van der Waals surface area contributed by atoms with Crippen LogP contribution >= 0.6 is 0 Å². The normalized spacial score (nSPS) is 30.1. The number of hydrogen-bond acceptors (Lipinski definition) is 4. The molecule has 5 heteroatoms. The van der Waals surface area contributed by atoms with Gasteiger partial charge < -0.3 is 19.3 Å². The first-order chi connectivity index (χ1) is 8.97. The van der Waals surface area contributed by atoms with Crippen molar-refractivity contribution in [3.8, 4) is 0 Å². The Morgan fingerprint density at radius 1 is 1.42 bits per heavy atom. The molecule has 5 nitrogen and oxygen atoms in total. The van der Waals surface area contributed by atoms with Crippen LogP contribution in [0.25, 0.3) is 0 Å². The summed E-state index contributed by atoms with van der Waals surface area (Å²) in [6.45, 7) is 5.91. The lowest BCUT2D eigenvalue weighted by atomic mass is 9.87. The van der Waals surface area contributed by atoms with Crippen LogP contribution in [0.2, 0.25) is 0 Å². The molecule has 0 bridgehead atoms. The Bertz CT molecular complexity index is 325. The Balaban J connectivity index is 1.91. The molecule has 0 aliphatic carbocycles. The Hall–Kier alpha value is -0.810. The van der Waals surface area contributed by atoms with Gasteiger partial charge in [-0.3, -0.25) is 0 Å². The average molecular weight is 270 g/mol. The van der Waals surface area contributed by atoms with Crippen LogP contribution < -0.4 is 0 Å². The molecule has 0 aromatic rings. The number of carbonyl (C=O) groups excluding carboxylic acids is 1. The number of nitrogens with zero attached hydrogens (tertiary/aromatic N) is 2. The first kappa shape index (κ1) is 14.6. The molecule has 1 spiro atoms. The van der Waals surface area contributed by atoms with Gasteiger partial charge in [0.25, 0.3) is 0 Å². The summed E-state index contributed by atoms with van der Waals surface area (Å²) in [6.07, 6.45) is 2.98. The summed E-state index contributed by atoms with van der Waals surface area (Å²) in [5, 5.41) is 0. The van der Waals surface area contributed by atoms with Gasteiger partial charge in [0.15, 0.2) is 0 Å². The van der Waals surface area contributed by atoms with Crippen LogP contribution in [0.5, 0.6) is 0 Å². The molecule has 110 valence electrons. The fourth-order valence-corrected chi connectivity index (χ4v) is 3.30. The summed E-state index contributed by atoms with van der Waals surface area (Å²) in [6, 6.07) is 0.481. The van der Waals surface area contributed by atoms with Crippen molar-refractivity contribution in [2.24, 2.45) is 0 Å². The Kier molecular flexibility index (Phi) is 4.36. The predicted octanol–water partition coefficient (Wildman–Crippen LogP) is 1.72. The fourth-order valence-electron chi connectivity index (χ4n) is 3.30. The van der Waals surface area contributed by atoms with Gasteiger partial charge in [0.1, 0.15) is 0 Å². The monoisotopic (exact) mass is 270 g/mol. The van der Waals surface area contributed by atoms with E-state index in [1.54, 1.807) is 4.90 Å². The highest BCUT2D eigenvalue weighted by Crippen LogP contribution is 2.40. The van der Waals surface area contributed by atoms with Crippen molar-refractivity contribution in [3.63, 3.8) is 0 Å². The molecule has 2 aliphatic rings. The van der Waals surface area contributed by atoms with Crippen LogP contribution in [0.1, 0.15) is 33.1 Å². The predicted molar refractivity (Wildman–Crippen MR) is 73.2 cm³/mol. The van der Waals surface area contributed by atoms with Crippen LogP contribution in [0.4, 0.5) is 4.79 Å². The first-order valence-electron chi connectivity index (χ1n) is 7.23. The molecule has 0 saturated carbocycles. The van der Waals surface area contributed by atoms with Gasteiger partial charge in [-0.05, 0) is 47.2 Å². The van der Waals surface area contributed by atoms with Crippen molar-refractivity contribution < 1.29 is 14.3 Å². The van der Waals surface area contributed by atoms with E-state index in [1.807, 2.05) is 6.92 Å². The van der Waals surface area contributed by atoms with Crippen LogP contribution in [0.15, 0.2) is 0 Å². The maximum Gasteiger partial charge on any atom is 0.409 e. The maximum absolute atomic E-state index is 11.7. The third-order valence-electron chi connectivity index (χ3n) is 4.42. The summed E-state index contributed by atoms with van der Waals surface area (Å²) in [5.41, 5.74) is -0.0304. The van der Waals surface area contributed by atoms with Gasteiger partial charge in [-0.2, -0.15) is 0 Å². The molecule has 2 rings (SSSR count). The largest absolute Gasteiger partial charge is 0.450 e. The summed E-state index contributed by atoms with van der Waals surface area (Å²) in [5.74, 6) is 0. The Morgan fingerprint density at radius 2 is 2.05 bits per heavy atom. The lowest BCUT2D eigenvalue weighted by Gasteiger charge is -2.38. The Labute approximate surface area is 115 Å². The molecule has 2 aliphatic heterocycles. The molecule has 0 radical (unpaired) electrons. The van der Waals surface area contributed by atoms with Crippen LogP contribution in [-0.2, 0) is 9.47 Å². The minimum Gasteiger partial charge on any atom is -0.450 e. The third-order valence-corrected chi connectivity index (χ3v) is 4.42. The van der Waals surface area contributed by atoms with Gasteiger partial charge in [0, 0.05) is 19.1 Å². The number of rotatable bonds is 2. The number of amides is 1. The number of piperidine rings is 1. The number of ether oxygens (including phenoxy) is 2. The number of carbonyl (C=O) groups is 1. The lowest BCUT2D eigenvalue weighted by molar-refractivity contribution is -0.0715. The van der Waals surface area contributed by atoms with Gasteiger partial charge >= 0.3 is 6.09 Å². The second-order valence-electron chi connectivity index (χ2n) is 5.93. The van der Waals surface area contributed by atoms with Gasteiger partial charge in [-0.25, -0.2) is 4.79 Å². The van der Waals surface area contributed by atoms with Gasteiger partial charge in [-0.15, -0.1) is 0 Å². The van der Waals surface area contributed by atoms with Crippen molar-refractivity contribution in [3.05, 3.63) is 0 Å². The lowest BCUT2D eigenvalue weighted by Crippen LogP contribution is -2.47. The molecular formula is C14H26N2O3.